The molecule has 2 rings (SSSR count). The lowest BCUT2D eigenvalue weighted by atomic mass is 10.1. The quantitative estimate of drug-likeness (QED) is 0.707. The second-order valence-corrected chi connectivity index (χ2v) is 6.09. The Bertz CT molecular complexity index is 753. The Labute approximate surface area is 151 Å². The van der Waals surface area contributed by atoms with E-state index >= 15 is 0 Å². The molecular formula is C19H22N2O5. The number of furan rings is 1. The number of benzene rings is 1. The van der Waals surface area contributed by atoms with Gasteiger partial charge in [-0.25, -0.2) is 4.79 Å². The molecule has 0 fully saturated rings. The Hall–Kier alpha value is -3.09. The zero-order valence-electron chi connectivity index (χ0n) is 14.8. The molecule has 0 aliphatic heterocycles. The van der Waals surface area contributed by atoms with Crippen LogP contribution in [-0.4, -0.2) is 30.9 Å². The molecule has 0 saturated carbocycles. The minimum absolute atomic E-state index is 0.123. The van der Waals surface area contributed by atoms with Crippen LogP contribution in [0.5, 0.6) is 0 Å². The van der Waals surface area contributed by atoms with Gasteiger partial charge in [0, 0.05) is 6.54 Å². The lowest BCUT2D eigenvalue weighted by Crippen LogP contribution is -2.30. The van der Waals surface area contributed by atoms with E-state index in [1.807, 2.05) is 0 Å². The van der Waals surface area contributed by atoms with Crippen LogP contribution < -0.4 is 10.6 Å². The molecule has 0 aliphatic carbocycles. The SMILES string of the molecule is CC(C)CCNC(=O)COC(=O)c1ccccc1NC(=O)c1ccco1. The molecule has 138 valence electrons. The number of ether oxygens (including phenoxy) is 1. The second kappa shape index (κ2) is 9.41. The van der Waals surface area contributed by atoms with Crippen molar-refractivity contribution in [2.75, 3.05) is 18.5 Å². The first-order chi connectivity index (χ1) is 12.5. The zero-order chi connectivity index (χ0) is 18.9. The normalized spacial score (nSPS) is 10.4. The molecule has 0 aliphatic rings. The first-order valence-electron chi connectivity index (χ1n) is 8.35. The highest BCUT2D eigenvalue weighted by Crippen LogP contribution is 2.17. The highest BCUT2D eigenvalue weighted by molar-refractivity contribution is 6.06. The van der Waals surface area contributed by atoms with Gasteiger partial charge in [-0.1, -0.05) is 26.0 Å². The topological polar surface area (TPSA) is 97.6 Å². The van der Waals surface area contributed by atoms with Gasteiger partial charge in [0.15, 0.2) is 12.4 Å². The number of hydrogen-bond acceptors (Lipinski definition) is 5. The number of nitrogens with one attached hydrogen (secondary N) is 2. The van der Waals surface area contributed by atoms with Crippen LogP contribution >= 0.6 is 0 Å². The van der Waals surface area contributed by atoms with Gasteiger partial charge in [0.2, 0.25) is 0 Å². The first-order valence-corrected chi connectivity index (χ1v) is 8.35. The molecule has 26 heavy (non-hydrogen) atoms. The number of amides is 2. The standard InChI is InChI=1S/C19H22N2O5/c1-13(2)9-10-20-17(22)12-26-19(24)14-6-3-4-7-15(14)21-18(23)16-8-5-11-25-16/h3-8,11,13H,9-10,12H2,1-2H3,(H,20,22)(H,21,23). The van der Waals surface area contributed by atoms with E-state index in [0.29, 0.717) is 12.5 Å². The summed E-state index contributed by atoms with van der Waals surface area (Å²) in [6.07, 6.45) is 2.23. The Balaban J connectivity index is 1.92. The first kappa shape index (κ1) is 19.2. The number of hydrogen-bond donors (Lipinski definition) is 2. The Morgan fingerprint density at radius 1 is 1.12 bits per heavy atom. The minimum Gasteiger partial charge on any atom is -0.459 e. The molecule has 7 nitrogen and oxygen atoms in total. The fraction of sp³-hybridized carbons (Fsp3) is 0.316. The van der Waals surface area contributed by atoms with Crippen LogP contribution in [0.2, 0.25) is 0 Å². The lowest BCUT2D eigenvalue weighted by Gasteiger charge is -2.11. The van der Waals surface area contributed by atoms with Crippen molar-refractivity contribution in [3.8, 4) is 0 Å². The Kier molecular flexibility index (Phi) is 6.96. The number of anilines is 1. The predicted octanol–water partition coefficient (Wildman–Crippen LogP) is 2.85. The van der Waals surface area contributed by atoms with E-state index < -0.39 is 11.9 Å². The molecule has 1 aromatic heterocycles. The van der Waals surface area contributed by atoms with Gasteiger partial charge < -0.3 is 19.8 Å². The van der Waals surface area contributed by atoms with Gasteiger partial charge in [-0.2, -0.15) is 0 Å². The summed E-state index contributed by atoms with van der Waals surface area (Å²) < 4.78 is 10.1. The summed E-state index contributed by atoms with van der Waals surface area (Å²) in [5.41, 5.74) is 0.432. The van der Waals surface area contributed by atoms with Crippen LogP contribution in [0.25, 0.3) is 0 Å². The fourth-order valence-corrected chi connectivity index (χ4v) is 2.12. The molecule has 1 heterocycles. The van der Waals surface area contributed by atoms with Gasteiger partial charge in [-0.05, 0) is 36.6 Å². The van der Waals surface area contributed by atoms with Crippen LogP contribution in [0.4, 0.5) is 5.69 Å². The Morgan fingerprint density at radius 3 is 2.58 bits per heavy atom. The molecule has 0 radical (unpaired) electrons. The van der Waals surface area contributed by atoms with Crippen molar-refractivity contribution in [3.63, 3.8) is 0 Å². The van der Waals surface area contributed by atoms with E-state index in [1.165, 1.54) is 18.4 Å². The maximum absolute atomic E-state index is 12.2. The van der Waals surface area contributed by atoms with E-state index in [0.717, 1.165) is 6.42 Å². The summed E-state index contributed by atoms with van der Waals surface area (Å²) in [5.74, 6) is -0.947. The molecule has 7 heteroatoms. The van der Waals surface area contributed by atoms with Crippen molar-refractivity contribution >= 4 is 23.5 Å². The molecule has 0 spiro atoms. The Morgan fingerprint density at radius 2 is 1.88 bits per heavy atom. The highest BCUT2D eigenvalue weighted by Gasteiger charge is 2.17. The van der Waals surface area contributed by atoms with Crippen LogP contribution in [-0.2, 0) is 9.53 Å². The van der Waals surface area contributed by atoms with Crippen LogP contribution in [0.1, 0.15) is 41.2 Å². The summed E-state index contributed by atoms with van der Waals surface area (Å²) in [5, 5.41) is 5.28. The lowest BCUT2D eigenvalue weighted by molar-refractivity contribution is -0.124. The van der Waals surface area contributed by atoms with Crippen LogP contribution in [0.15, 0.2) is 47.1 Å². The van der Waals surface area contributed by atoms with Crippen molar-refractivity contribution in [1.29, 1.82) is 0 Å². The van der Waals surface area contributed by atoms with Gasteiger partial charge in [-0.3, -0.25) is 9.59 Å². The average molecular weight is 358 g/mol. The molecule has 1 aromatic carbocycles. The fourth-order valence-electron chi connectivity index (χ4n) is 2.12. The molecule has 0 saturated heterocycles. The third-order valence-electron chi connectivity index (χ3n) is 3.52. The molecular weight excluding hydrogens is 336 g/mol. The van der Waals surface area contributed by atoms with Crippen molar-refractivity contribution < 1.29 is 23.5 Å². The average Bonchev–Trinajstić information content (AvgIpc) is 3.14. The third-order valence-corrected chi connectivity index (χ3v) is 3.52. The van der Waals surface area contributed by atoms with Gasteiger partial charge in [0.05, 0.1) is 17.5 Å². The maximum atomic E-state index is 12.2. The van der Waals surface area contributed by atoms with Gasteiger partial charge >= 0.3 is 5.97 Å². The summed E-state index contributed by atoms with van der Waals surface area (Å²) in [6.45, 7) is 4.27. The summed E-state index contributed by atoms with van der Waals surface area (Å²) in [6, 6.07) is 9.50. The number of para-hydroxylation sites is 1. The van der Waals surface area contributed by atoms with Crippen molar-refractivity contribution in [1.82, 2.24) is 5.32 Å². The number of rotatable bonds is 8. The van der Waals surface area contributed by atoms with Crippen molar-refractivity contribution in [2.45, 2.75) is 20.3 Å². The van der Waals surface area contributed by atoms with E-state index in [9.17, 15) is 14.4 Å². The molecule has 0 atom stereocenters. The largest absolute Gasteiger partial charge is 0.459 e. The van der Waals surface area contributed by atoms with Gasteiger partial charge in [-0.15, -0.1) is 0 Å². The van der Waals surface area contributed by atoms with E-state index in [4.69, 9.17) is 9.15 Å². The van der Waals surface area contributed by atoms with Gasteiger partial charge in [0.25, 0.3) is 11.8 Å². The molecule has 2 N–H and O–H groups in total. The third kappa shape index (κ3) is 5.77. The van der Waals surface area contributed by atoms with E-state index in [1.54, 1.807) is 24.3 Å². The summed E-state index contributed by atoms with van der Waals surface area (Å²) in [7, 11) is 0. The number of carbonyl (C=O) groups excluding carboxylic acids is 3. The predicted molar refractivity (Wildman–Crippen MR) is 95.9 cm³/mol. The monoisotopic (exact) mass is 358 g/mol. The van der Waals surface area contributed by atoms with Crippen molar-refractivity contribution in [2.24, 2.45) is 5.92 Å². The maximum Gasteiger partial charge on any atom is 0.340 e. The molecule has 0 unspecified atom stereocenters. The molecule has 2 aromatic rings. The number of esters is 1. The highest BCUT2D eigenvalue weighted by atomic mass is 16.5. The van der Waals surface area contributed by atoms with Crippen LogP contribution in [0.3, 0.4) is 0 Å². The van der Waals surface area contributed by atoms with E-state index in [-0.39, 0.29) is 29.5 Å². The summed E-state index contributed by atoms with van der Waals surface area (Å²) >= 11 is 0. The number of carbonyl (C=O) groups is 3. The van der Waals surface area contributed by atoms with Gasteiger partial charge in [0.1, 0.15) is 0 Å². The molecule has 0 bridgehead atoms. The minimum atomic E-state index is -0.695. The van der Waals surface area contributed by atoms with Crippen LogP contribution in [0, 0.1) is 5.92 Å². The van der Waals surface area contributed by atoms with Crippen molar-refractivity contribution in [3.05, 3.63) is 54.0 Å². The smallest absolute Gasteiger partial charge is 0.340 e. The second-order valence-electron chi connectivity index (χ2n) is 6.09. The van der Waals surface area contributed by atoms with E-state index in [2.05, 4.69) is 24.5 Å². The molecule has 2 amide bonds. The summed E-state index contributed by atoms with van der Waals surface area (Å²) in [4.78, 5) is 36.0. The zero-order valence-corrected chi connectivity index (χ0v) is 14.8.